The first-order chi connectivity index (χ1) is 11.3. The number of hydrogen-bond donors (Lipinski definition) is 2. The molecule has 0 aliphatic carbocycles. The molecule has 0 spiro atoms. The molecule has 6 nitrogen and oxygen atoms in total. The number of nitrogens with one attached hydrogen (secondary N) is 2. The maximum Gasteiger partial charge on any atom is 0.191 e. The number of nitrogens with zero attached hydrogens (tertiary/aromatic N) is 4. The maximum absolute atomic E-state index is 4.30. The second kappa shape index (κ2) is 7.26. The number of rotatable bonds is 4. The summed E-state index contributed by atoms with van der Waals surface area (Å²) in [5.74, 6) is 2.87. The monoisotopic (exact) mass is 312 g/mol. The largest absolute Gasteiger partial charge is 0.352 e. The zero-order valence-electron chi connectivity index (χ0n) is 13.8. The van der Waals surface area contributed by atoms with Gasteiger partial charge in [0.05, 0.1) is 6.54 Å². The van der Waals surface area contributed by atoms with Crippen molar-refractivity contribution in [2.45, 2.75) is 45.8 Å². The molecule has 0 unspecified atom stereocenters. The SMILES string of the molecule is CN=C(NCc1cccc(C)c1)NCc1nnc2n1CCCC2. The standard InChI is InChI=1S/C17H24N6/c1-13-6-5-7-14(10-13)11-19-17(18-2)20-12-16-22-21-15-8-3-4-9-23(15)16/h5-7,10H,3-4,8-9,11-12H2,1-2H3,(H2,18,19,20). The number of hydrogen-bond acceptors (Lipinski definition) is 3. The fourth-order valence-electron chi connectivity index (χ4n) is 2.89. The van der Waals surface area contributed by atoms with E-state index in [1.165, 1.54) is 24.0 Å². The van der Waals surface area contributed by atoms with E-state index in [-0.39, 0.29) is 0 Å². The molecule has 1 aromatic heterocycles. The summed E-state index contributed by atoms with van der Waals surface area (Å²) in [5.41, 5.74) is 2.51. The first-order valence-electron chi connectivity index (χ1n) is 8.17. The van der Waals surface area contributed by atoms with Gasteiger partial charge in [0, 0.05) is 26.6 Å². The van der Waals surface area contributed by atoms with E-state index in [0.717, 1.165) is 37.1 Å². The van der Waals surface area contributed by atoms with Crippen molar-refractivity contribution in [3.63, 3.8) is 0 Å². The maximum atomic E-state index is 4.30. The average molecular weight is 312 g/mol. The van der Waals surface area contributed by atoms with Gasteiger partial charge in [0.1, 0.15) is 5.82 Å². The molecular weight excluding hydrogens is 288 g/mol. The van der Waals surface area contributed by atoms with Crippen LogP contribution in [-0.4, -0.2) is 27.8 Å². The number of fused-ring (bicyclic) bond motifs is 1. The van der Waals surface area contributed by atoms with Gasteiger partial charge in [-0.25, -0.2) is 0 Å². The van der Waals surface area contributed by atoms with E-state index < -0.39 is 0 Å². The van der Waals surface area contributed by atoms with Crippen LogP contribution in [0.4, 0.5) is 0 Å². The predicted octanol–water partition coefficient (Wildman–Crippen LogP) is 1.79. The van der Waals surface area contributed by atoms with E-state index in [9.17, 15) is 0 Å². The van der Waals surface area contributed by atoms with Crippen LogP contribution in [0.1, 0.15) is 35.6 Å². The van der Waals surface area contributed by atoms with Crippen LogP contribution in [0.15, 0.2) is 29.3 Å². The molecular formula is C17H24N6. The van der Waals surface area contributed by atoms with Crippen molar-refractivity contribution >= 4 is 5.96 Å². The summed E-state index contributed by atoms with van der Waals surface area (Å²) in [6.07, 6.45) is 3.46. The van der Waals surface area contributed by atoms with Crippen molar-refractivity contribution in [1.82, 2.24) is 25.4 Å². The Morgan fingerprint density at radius 2 is 2.09 bits per heavy atom. The predicted molar refractivity (Wildman–Crippen MR) is 91.2 cm³/mol. The van der Waals surface area contributed by atoms with Gasteiger partial charge in [-0.05, 0) is 25.3 Å². The van der Waals surface area contributed by atoms with E-state index >= 15 is 0 Å². The minimum atomic E-state index is 0.639. The molecule has 122 valence electrons. The van der Waals surface area contributed by atoms with E-state index in [4.69, 9.17) is 0 Å². The Balaban J connectivity index is 1.55. The molecule has 0 saturated heterocycles. The third-order valence-corrected chi connectivity index (χ3v) is 4.12. The second-order valence-corrected chi connectivity index (χ2v) is 5.91. The van der Waals surface area contributed by atoms with Gasteiger partial charge in [-0.3, -0.25) is 4.99 Å². The molecule has 0 fully saturated rings. The molecule has 2 aromatic rings. The van der Waals surface area contributed by atoms with Crippen LogP contribution in [0.2, 0.25) is 0 Å². The molecule has 0 bridgehead atoms. The molecule has 3 rings (SSSR count). The molecule has 1 aromatic carbocycles. The molecule has 1 aliphatic rings. The van der Waals surface area contributed by atoms with Gasteiger partial charge in [-0.2, -0.15) is 0 Å². The number of benzene rings is 1. The fourth-order valence-corrected chi connectivity index (χ4v) is 2.89. The van der Waals surface area contributed by atoms with E-state index in [1.807, 2.05) is 0 Å². The normalized spacial score (nSPS) is 14.4. The molecule has 0 saturated carbocycles. The molecule has 0 atom stereocenters. The average Bonchev–Trinajstić information content (AvgIpc) is 2.98. The minimum absolute atomic E-state index is 0.639. The first kappa shape index (κ1) is 15.5. The van der Waals surface area contributed by atoms with Crippen molar-refractivity contribution in [2.75, 3.05) is 7.05 Å². The topological polar surface area (TPSA) is 67.1 Å². The van der Waals surface area contributed by atoms with Crippen molar-refractivity contribution in [3.8, 4) is 0 Å². The Morgan fingerprint density at radius 1 is 1.22 bits per heavy atom. The van der Waals surface area contributed by atoms with Gasteiger partial charge in [-0.15, -0.1) is 10.2 Å². The Labute approximate surface area is 137 Å². The van der Waals surface area contributed by atoms with E-state index in [0.29, 0.717) is 6.54 Å². The highest BCUT2D eigenvalue weighted by Crippen LogP contribution is 2.13. The Hall–Kier alpha value is -2.37. The van der Waals surface area contributed by atoms with Crippen molar-refractivity contribution < 1.29 is 0 Å². The third kappa shape index (κ3) is 3.88. The van der Waals surface area contributed by atoms with E-state index in [1.54, 1.807) is 7.05 Å². The summed E-state index contributed by atoms with van der Waals surface area (Å²) in [6.45, 7) is 4.51. The van der Waals surface area contributed by atoms with Crippen LogP contribution in [0.3, 0.4) is 0 Å². The molecule has 2 N–H and O–H groups in total. The van der Waals surface area contributed by atoms with Gasteiger partial charge in [-0.1, -0.05) is 29.8 Å². The Bertz CT molecular complexity index is 688. The number of aliphatic imine (C=N–C) groups is 1. The zero-order valence-corrected chi connectivity index (χ0v) is 13.8. The van der Waals surface area contributed by atoms with Gasteiger partial charge in [0.2, 0.25) is 0 Å². The van der Waals surface area contributed by atoms with Crippen LogP contribution >= 0.6 is 0 Å². The lowest BCUT2D eigenvalue weighted by Crippen LogP contribution is -2.37. The molecule has 0 amide bonds. The van der Waals surface area contributed by atoms with Crippen LogP contribution in [0.25, 0.3) is 0 Å². The molecule has 2 heterocycles. The summed E-state index contributed by atoms with van der Waals surface area (Å²) < 4.78 is 2.23. The number of guanidine groups is 1. The summed E-state index contributed by atoms with van der Waals surface area (Å²) in [5, 5.41) is 15.2. The molecule has 1 aliphatic heterocycles. The summed E-state index contributed by atoms with van der Waals surface area (Å²) in [6, 6.07) is 8.47. The third-order valence-electron chi connectivity index (χ3n) is 4.12. The van der Waals surface area contributed by atoms with Gasteiger partial charge in [0.15, 0.2) is 11.8 Å². The second-order valence-electron chi connectivity index (χ2n) is 5.91. The van der Waals surface area contributed by atoms with Crippen molar-refractivity contribution in [1.29, 1.82) is 0 Å². The van der Waals surface area contributed by atoms with Crippen molar-refractivity contribution in [3.05, 3.63) is 47.0 Å². The summed E-state index contributed by atoms with van der Waals surface area (Å²) in [4.78, 5) is 4.27. The minimum Gasteiger partial charge on any atom is -0.352 e. The van der Waals surface area contributed by atoms with Crippen LogP contribution < -0.4 is 10.6 Å². The quantitative estimate of drug-likeness (QED) is 0.667. The molecule has 0 radical (unpaired) electrons. The van der Waals surface area contributed by atoms with Gasteiger partial charge < -0.3 is 15.2 Å². The molecule has 6 heteroatoms. The fraction of sp³-hybridized carbons (Fsp3) is 0.471. The summed E-state index contributed by atoms with van der Waals surface area (Å²) >= 11 is 0. The molecule has 23 heavy (non-hydrogen) atoms. The first-order valence-corrected chi connectivity index (χ1v) is 8.17. The highest BCUT2D eigenvalue weighted by atomic mass is 15.3. The zero-order chi connectivity index (χ0) is 16.1. The Morgan fingerprint density at radius 3 is 2.91 bits per heavy atom. The van der Waals surface area contributed by atoms with Gasteiger partial charge >= 0.3 is 0 Å². The Kier molecular flexibility index (Phi) is 4.90. The lowest BCUT2D eigenvalue weighted by molar-refractivity contribution is 0.504. The number of aromatic nitrogens is 3. The highest BCUT2D eigenvalue weighted by molar-refractivity contribution is 5.79. The number of aryl methyl sites for hydroxylation is 2. The highest BCUT2D eigenvalue weighted by Gasteiger charge is 2.15. The van der Waals surface area contributed by atoms with Crippen molar-refractivity contribution in [2.24, 2.45) is 4.99 Å². The smallest absolute Gasteiger partial charge is 0.191 e. The lowest BCUT2D eigenvalue weighted by atomic mass is 10.1. The van der Waals surface area contributed by atoms with Crippen LogP contribution in [0.5, 0.6) is 0 Å². The van der Waals surface area contributed by atoms with E-state index in [2.05, 4.69) is 61.6 Å². The lowest BCUT2D eigenvalue weighted by Gasteiger charge is -2.16. The van der Waals surface area contributed by atoms with Crippen LogP contribution in [0, 0.1) is 6.92 Å². The van der Waals surface area contributed by atoms with Gasteiger partial charge in [0.25, 0.3) is 0 Å². The van der Waals surface area contributed by atoms with Crippen LogP contribution in [-0.2, 0) is 26.1 Å². The summed E-state index contributed by atoms with van der Waals surface area (Å²) in [7, 11) is 1.78.